The summed E-state index contributed by atoms with van der Waals surface area (Å²) in [6, 6.07) is 5.89. The standard InChI is InChI=1S/C14H18N2O3/c1-19-14(18)3-2-8-15-11-5-6-12-10(9-11)4-7-13(17)16-12/h5-6,9,15H,2-4,7-8H2,1H3,(H,16,17). The molecule has 1 aliphatic heterocycles. The summed E-state index contributed by atoms with van der Waals surface area (Å²) >= 11 is 0. The van der Waals surface area contributed by atoms with Crippen LogP contribution in [-0.2, 0) is 20.7 Å². The molecule has 0 unspecified atom stereocenters. The molecule has 1 heterocycles. The van der Waals surface area contributed by atoms with Crippen LogP contribution < -0.4 is 10.6 Å². The number of ether oxygens (including phenoxy) is 1. The van der Waals surface area contributed by atoms with Crippen LogP contribution in [0, 0.1) is 0 Å². The van der Waals surface area contributed by atoms with E-state index in [1.165, 1.54) is 7.11 Å². The number of amides is 1. The first-order valence-corrected chi connectivity index (χ1v) is 6.42. The van der Waals surface area contributed by atoms with Crippen LogP contribution in [0.3, 0.4) is 0 Å². The highest BCUT2D eigenvalue weighted by atomic mass is 16.5. The fourth-order valence-electron chi connectivity index (χ4n) is 2.06. The van der Waals surface area contributed by atoms with Crippen LogP contribution in [0.4, 0.5) is 11.4 Å². The average molecular weight is 262 g/mol. The minimum Gasteiger partial charge on any atom is -0.469 e. The average Bonchev–Trinajstić information content (AvgIpc) is 2.43. The van der Waals surface area contributed by atoms with E-state index in [4.69, 9.17) is 0 Å². The normalized spacial score (nSPS) is 13.4. The van der Waals surface area contributed by atoms with Gasteiger partial charge in [-0.05, 0) is 36.6 Å². The van der Waals surface area contributed by atoms with Gasteiger partial charge >= 0.3 is 5.97 Å². The molecule has 1 amide bonds. The number of anilines is 2. The molecule has 1 aromatic carbocycles. The van der Waals surface area contributed by atoms with Crippen molar-refractivity contribution >= 4 is 23.3 Å². The highest BCUT2D eigenvalue weighted by Gasteiger charge is 2.14. The highest BCUT2D eigenvalue weighted by molar-refractivity contribution is 5.94. The third kappa shape index (κ3) is 3.71. The van der Waals surface area contributed by atoms with Crippen LogP contribution in [0.25, 0.3) is 0 Å². The number of aryl methyl sites for hydroxylation is 1. The Labute approximate surface area is 112 Å². The van der Waals surface area contributed by atoms with Crippen molar-refractivity contribution in [1.29, 1.82) is 0 Å². The first kappa shape index (κ1) is 13.4. The number of carbonyl (C=O) groups is 2. The lowest BCUT2D eigenvalue weighted by molar-refractivity contribution is -0.140. The Balaban J connectivity index is 1.85. The number of benzene rings is 1. The largest absolute Gasteiger partial charge is 0.469 e. The van der Waals surface area contributed by atoms with Crippen molar-refractivity contribution in [3.05, 3.63) is 23.8 Å². The Bertz CT molecular complexity index is 486. The first-order valence-electron chi connectivity index (χ1n) is 6.42. The van der Waals surface area contributed by atoms with Crippen molar-refractivity contribution in [3.63, 3.8) is 0 Å². The Hall–Kier alpha value is -2.04. The summed E-state index contributed by atoms with van der Waals surface area (Å²) < 4.78 is 4.58. The molecule has 1 aromatic rings. The van der Waals surface area contributed by atoms with Crippen LogP contribution in [0.2, 0.25) is 0 Å². The third-order valence-electron chi connectivity index (χ3n) is 3.12. The van der Waals surface area contributed by atoms with Gasteiger partial charge in [-0.3, -0.25) is 9.59 Å². The molecular formula is C14H18N2O3. The molecule has 0 saturated carbocycles. The van der Waals surface area contributed by atoms with Gasteiger partial charge in [-0.25, -0.2) is 0 Å². The van der Waals surface area contributed by atoms with Gasteiger partial charge in [0, 0.05) is 30.8 Å². The number of nitrogens with one attached hydrogen (secondary N) is 2. The molecule has 0 aromatic heterocycles. The molecule has 2 rings (SSSR count). The maximum absolute atomic E-state index is 11.2. The summed E-state index contributed by atoms with van der Waals surface area (Å²) in [6.07, 6.45) is 2.47. The topological polar surface area (TPSA) is 67.4 Å². The monoisotopic (exact) mass is 262 g/mol. The molecule has 19 heavy (non-hydrogen) atoms. The highest BCUT2D eigenvalue weighted by Crippen LogP contribution is 2.25. The minimum atomic E-state index is -0.185. The van der Waals surface area contributed by atoms with E-state index < -0.39 is 0 Å². The molecule has 102 valence electrons. The maximum Gasteiger partial charge on any atom is 0.305 e. The first-order chi connectivity index (χ1) is 9.19. The number of esters is 1. The van der Waals surface area contributed by atoms with E-state index in [0.717, 1.165) is 36.3 Å². The molecule has 0 saturated heterocycles. The predicted octanol–water partition coefficient (Wildman–Crippen LogP) is 1.94. The second kappa shape index (κ2) is 6.22. The minimum absolute atomic E-state index is 0.0753. The lowest BCUT2D eigenvalue weighted by atomic mass is 10.0. The number of hydrogen-bond acceptors (Lipinski definition) is 4. The van der Waals surface area contributed by atoms with Crippen LogP contribution >= 0.6 is 0 Å². The van der Waals surface area contributed by atoms with E-state index in [-0.39, 0.29) is 11.9 Å². The lowest BCUT2D eigenvalue weighted by Crippen LogP contribution is -2.19. The van der Waals surface area contributed by atoms with Crippen LogP contribution in [0.5, 0.6) is 0 Å². The second-order valence-corrected chi connectivity index (χ2v) is 4.53. The molecule has 5 heteroatoms. The molecule has 0 fully saturated rings. The number of methoxy groups -OCH3 is 1. The smallest absolute Gasteiger partial charge is 0.305 e. The van der Waals surface area contributed by atoms with Crippen molar-refractivity contribution in [2.75, 3.05) is 24.3 Å². The zero-order valence-electron chi connectivity index (χ0n) is 11.0. The predicted molar refractivity (Wildman–Crippen MR) is 73.1 cm³/mol. The molecule has 0 bridgehead atoms. The SMILES string of the molecule is COC(=O)CCCNc1ccc2c(c1)CCC(=O)N2. The third-order valence-corrected chi connectivity index (χ3v) is 3.12. The number of rotatable bonds is 5. The Morgan fingerprint density at radius 3 is 3.05 bits per heavy atom. The molecule has 5 nitrogen and oxygen atoms in total. The van der Waals surface area contributed by atoms with Gasteiger partial charge in [0.1, 0.15) is 0 Å². The van der Waals surface area contributed by atoms with Gasteiger partial charge in [-0.15, -0.1) is 0 Å². The van der Waals surface area contributed by atoms with Gasteiger partial charge < -0.3 is 15.4 Å². The van der Waals surface area contributed by atoms with E-state index in [1.807, 2.05) is 18.2 Å². The van der Waals surface area contributed by atoms with Crippen molar-refractivity contribution < 1.29 is 14.3 Å². The molecule has 1 aliphatic rings. The Kier molecular flexibility index (Phi) is 4.39. The van der Waals surface area contributed by atoms with Gasteiger partial charge in [0.25, 0.3) is 0 Å². The summed E-state index contributed by atoms with van der Waals surface area (Å²) in [4.78, 5) is 22.2. The fraction of sp³-hybridized carbons (Fsp3) is 0.429. The summed E-state index contributed by atoms with van der Waals surface area (Å²) in [5.41, 5.74) is 3.06. The molecule has 0 atom stereocenters. The summed E-state index contributed by atoms with van der Waals surface area (Å²) in [5, 5.41) is 6.11. The van der Waals surface area contributed by atoms with Crippen molar-refractivity contribution in [3.8, 4) is 0 Å². The summed E-state index contributed by atoms with van der Waals surface area (Å²) in [5.74, 6) is -0.110. The fourth-order valence-corrected chi connectivity index (χ4v) is 2.06. The lowest BCUT2D eigenvalue weighted by Gasteiger charge is -2.18. The van der Waals surface area contributed by atoms with Gasteiger partial charge in [-0.2, -0.15) is 0 Å². The zero-order valence-corrected chi connectivity index (χ0v) is 11.0. The number of carbonyl (C=O) groups excluding carboxylic acids is 2. The van der Waals surface area contributed by atoms with Crippen LogP contribution in [0.1, 0.15) is 24.8 Å². The zero-order chi connectivity index (χ0) is 13.7. The van der Waals surface area contributed by atoms with E-state index in [0.29, 0.717) is 12.8 Å². The van der Waals surface area contributed by atoms with Crippen molar-refractivity contribution in [2.24, 2.45) is 0 Å². The van der Waals surface area contributed by atoms with Crippen molar-refractivity contribution in [2.45, 2.75) is 25.7 Å². The summed E-state index contributed by atoms with van der Waals surface area (Å²) in [7, 11) is 1.40. The Morgan fingerprint density at radius 2 is 2.26 bits per heavy atom. The maximum atomic E-state index is 11.2. The molecular weight excluding hydrogens is 244 g/mol. The Morgan fingerprint density at radius 1 is 1.42 bits per heavy atom. The van der Waals surface area contributed by atoms with Crippen LogP contribution in [0.15, 0.2) is 18.2 Å². The van der Waals surface area contributed by atoms with Gasteiger partial charge in [0.15, 0.2) is 0 Å². The molecule has 0 aliphatic carbocycles. The van der Waals surface area contributed by atoms with Crippen molar-refractivity contribution in [1.82, 2.24) is 0 Å². The number of fused-ring (bicyclic) bond motifs is 1. The second-order valence-electron chi connectivity index (χ2n) is 4.53. The quantitative estimate of drug-likeness (QED) is 0.628. The van der Waals surface area contributed by atoms with E-state index in [2.05, 4.69) is 15.4 Å². The van der Waals surface area contributed by atoms with Gasteiger partial charge in [-0.1, -0.05) is 0 Å². The number of hydrogen-bond donors (Lipinski definition) is 2. The van der Waals surface area contributed by atoms with E-state index in [9.17, 15) is 9.59 Å². The van der Waals surface area contributed by atoms with E-state index >= 15 is 0 Å². The van der Waals surface area contributed by atoms with E-state index in [1.54, 1.807) is 0 Å². The molecule has 2 N–H and O–H groups in total. The van der Waals surface area contributed by atoms with Gasteiger partial charge in [0.05, 0.1) is 7.11 Å². The molecule has 0 radical (unpaired) electrons. The van der Waals surface area contributed by atoms with Crippen LogP contribution in [-0.4, -0.2) is 25.5 Å². The summed E-state index contributed by atoms with van der Waals surface area (Å²) in [6.45, 7) is 0.722. The molecule has 0 spiro atoms. The van der Waals surface area contributed by atoms with Gasteiger partial charge in [0.2, 0.25) is 5.91 Å².